The average Bonchev–Trinajstić information content (AvgIpc) is 0.885. The van der Waals surface area contributed by atoms with Gasteiger partial charge in [0.05, 0.1) is 71.0 Å². The zero-order valence-corrected chi connectivity index (χ0v) is 83.6. The van der Waals surface area contributed by atoms with Gasteiger partial charge in [-0.3, -0.25) is 23.7 Å². The molecule has 6 fully saturated rings. The molecule has 3 aliphatic carbocycles. The average molecular weight is 2120 g/mol. The molecule has 3 saturated carbocycles. The Morgan fingerprint density at radius 1 is 0.407 bits per heavy atom. The van der Waals surface area contributed by atoms with Gasteiger partial charge in [0.25, 0.3) is 0 Å². The minimum absolute atomic E-state index is 0.0249. The van der Waals surface area contributed by atoms with Gasteiger partial charge in [0.2, 0.25) is 17.8 Å². The van der Waals surface area contributed by atoms with Crippen molar-refractivity contribution >= 4 is 54.0 Å². The minimum Gasteiger partial charge on any atom is -0.488 e. The number of carbonyl (C=O) groups excluding carboxylic acids is 3. The van der Waals surface area contributed by atoms with Gasteiger partial charge in [-0.2, -0.15) is 76.1 Å². The summed E-state index contributed by atoms with van der Waals surface area (Å²) in [5.41, 5.74) is -4.59. The molecule has 46 heteroatoms. The van der Waals surface area contributed by atoms with Crippen LogP contribution in [0.2, 0.25) is 0 Å². The van der Waals surface area contributed by atoms with Crippen LogP contribution in [0.5, 0.6) is 5.75 Å². The number of ether oxygens (including phenoxy) is 4. The number of carbonyl (C=O) groups is 6. The molecule has 9 aromatic rings. The number of carboxylic acid groups (broad SMARTS) is 3. The van der Waals surface area contributed by atoms with Gasteiger partial charge in [-0.05, 0) is 218 Å². The molecular weight excluding hydrogens is 2000 g/mol. The third kappa shape index (κ3) is 29.1. The van der Waals surface area contributed by atoms with Gasteiger partial charge in [-0.1, -0.05) is 77.8 Å². The van der Waals surface area contributed by atoms with Crippen molar-refractivity contribution in [2.45, 2.75) is 306 Å². The van der Waals surface area contributed by atoms with E-state index in [-0.39, 0.29) is 135 Å². The topological polar surface area (TPSA) is 353 Å². The number of benzene rings is 4. The van der Waals surface area contributed by atoms with Crippen LogP contribution in [0, 0.1) is 23.1 Å². The number of aliphatic hydroxyl groups excluding tert-OH is 1. The fourth-order valence-corrected chi connectivity index (χ4v) is 21.2. The lowest BCUT2D eigenvalue weighted by molar-refractivity contribution is -0.151. The van der Waals surface area contributed by atoms with Crippen LogP contribution in [-0.4, -0.2) is 207 Å². The second-order valence-electron chi connectivity index (χ2n) is 39.2. The first-order chi connectivity index (χ1) is 71.0. The van der Waals surface area contributed by atoms with Crippen molar-refractivity contribution in [3.63, 3.8) is 0 Å². The molecule has 3 saturated heterocycles. The van der Waals surface area contributed by atoms with Gasteiger partial charge >= 0.3 is 67.1 Å². The van der Waals surface area contributed by atoms with E-state index < -0.39 is 167 Å². The van der Waals surface area contributed by atoms with Crippen LogP contribution in [0.3, 0.4) is 0 Å². The molecule has 3 amide bonds. The van der Waals surface area contributed by atoms with Crippen LogP contribution in [0.1, 0.15) is 232 Å². The van der Waals surface area contributed by atoms with Crippen molar-refractivity contribution in [2.75, 3.05) is 34.5 Å². The highest BCUT2D eigenvalue weighted by Gasteiger charge is 2.50. The molecular formula is C104H122F16N16O14. The number of amides is 3. The first-order valence-corrected chi connectivity index (χ1v) is 50.1. The number of aromatic nitrogens is 10. The molecule has 814 valence electrons. The fraction of sp³-hybridized carbons (Fsp3) is 0.538. The molecule has 4 aromatic carbocycles. The molecule has 3 unspecified atom stereocenters. The number of aliphatic carboxylic acids is 3. The summed E-state index contributed by atoms with van der Waals surface area (Å²) in [5.74, 6) is -4.04. The summed E-state index contributed by atoms with van der Waals surface area (Å²) in [6, 6.07) is 11.1. The SMILES string of the molecule is CC[C@@H]1CC(N(Cc2cc(C(F)(F)F)cc(C(F)(F)F)c2)c2ncc(-c3cnn(C)c3)cn2)C[C@H](CC)N1C(=O)OCC1(C(=O)O)CCCC1.CC[C@@H]1CC(N(Cc2cc(C(F)(F)F)cc(C(F)(F)F)c2)c2ncc(OCCO)cn2)C[C@H](Cc2ccccc2)N1C(=O)OC1CCC(C(=O)O)CC1.CC[C@@H]1CC(N(Cc2cc(F)cc(C(F)(F)F)c2)c2ncc(-c3cnn(C)c3)cn2)C[C@H](CC)N1C(=O)OC1CCC(C(=O)O)CC1. The summed E-state index contributed by atoms with van der Waals surface area (Å²) in [7, 11) is 3.52. The number of hydrogen-bond donors (Lipinski definition) is 4. The van der Waals surface area contributed by atoms with Crippen molar-refractivity contribution in [2.24, 2.45) is 31.3 Å². The number of likely N-dealkylation sites (tertiary alicyclic amines) is 3. The Morgan fingerprint density at radius 3 is 1.05 bits per heavy atom. The number of piperidine rings is 3. The maximum Gasteiger partial charge on any atom is 0.416 e. The predicted molar refractivity (Wildman–Crippen MR) is 514 cm³/mol. The zero-order chi connectivity index (χ0) is 109. The Balaban J connectivity index is 0.000000188. The van der Waals surface area contributed by atoms with E-state index in [1.165, 1.54) is 24.8 Å². The highest BCUT2D eigenvalue weighted by Crippen LogP contribution is 2.46. The Labute approximate surface area is 855 Å². The van der Waals surface area contributed by atoms with E-state index in [9.17, 15) is 114 Å². The fourth-order valence-electron chi connectivity index (χ4n) is 21.2. The molecule has 4 N–H and O–H groups in total. The van der Waals surface area contributed by atoms with Crippen molar-refractivity contribution in [3.8, 4) is 28.0 Å². The lowest BCUT2D eigenvalue weighted by Crippen LogP contribution is -2.58. The Bertz CT molecular complexity index is 5910. The van der Waals surface area contributed by atoms with E-state index in [2.05, 4.69) is 40.1 Å². The second kappa shape index (κ2) is 49.3. The van der Waals surface area contributed by atoms with Crippen LogP contribution < -0.4 is 19.4 Å². The number of rotatable bonds is 31. The van der Waals surface area contributed by atoms with E-state index in [1.807, 2.05) is 76.0 Å². The number of aliphatic hydroxyl groups is 1. The van der Waals surface area contributed by atoms with Gasteiger partial charge in [-0.15, -0.1) is 0 Å². The third-order valence-electron chi connectivity index (χ3n) is 29.1. The van der Waals surface area contributed by atoms with Crippen LogP contribution in [0.4, 0.5) is 102 Å². The molecule has 150 heavy (non-hydrogen) atoms. The first-order valence-electron chi connectivity index (χ1n) is 50.1. The standard InChI is InChI=1S/C37H42F6N4O6.C34H40F6N6O4.C33H40F4N6O4/c1-2-28-18-29(19-30(16-23-6-4-3-5-7-23)47(28)35(51)53-31-10-8-25(9-11-31)33(49)50)46(34-44-20-32(21-45-34)52-13-12-48)22-24-14-26(36(38,39)40)17-27(15-24)37(41,42)43;1-4-26-13-28(14-27(5-2)46(26)31(49)50-20-32(29(47)48)8-6-7-9-32)45(30-41-15-22(16-42-30)23-17-43-44(3)19-23)18-21-10-24(33(35,36)37)12-25(11-21)34(38,39)40;1-4-26-13-28(14-27(5-2)43(26)32(46)47-29-8-6-21(7-9-29)30(44)45)42(18-20-10-24(33(35,36)37)12-25(34)11-20)31-38-15-22(16-39-31)23-17-40-41(3)19-23/h3-7,14-15,17,20-21,25,28-31,48H,2,8-13,16,18-19,22H2,1H3,(H,49,50);10-12,15-17,19,26-28H,4-9,13-14,18,20H2,1-3H3,(H,47,48);10-12,15-17,19,21,26-29H,4-9,13-14,18H2,1-3H3,(H,44,45)/t25?,28-,29?,30+,31?;26-,27+,28?;21?,26-,27+,28?,29?/m1../s1. The van der Waals surface area contributed by atoms with Gasteiger partial charge in [0.15, 0.2) is 5.75 Å². The summed E-state index contributed by atoms with van der Waals surface area (Å²) in [5, 5.41) is 46.0. The molecule has 15 rings (SSSR count). The third-order valence-corrected chi connectivity index (χ3v) is 29.1. The first kappa shape index (κ1) is 114. The smallest absolute Gasteiger partial charge is 0.416 e. The molecule has 5 aromatic heterocycles. The largest absolute Gasteiger partial charge is 0.488 e. The summed E-state index contributed by atoms with van der Waals surface area (Å²) in [6.45, 7) is 8.07. The summed E-state index contributed by atoms with van der Waals surface area (Å²) in [6.07, 6.45) is -0.950. The molecule has 8 heterocycles. The van der Waals surface area contributed by atoms with Gasteiger partial charge in [0.1, 0.15) is 36.7 Å². The number of anilines is 3. The normalized spacial score (nSPS) is 22.2. The van der Waals surface area contributed by atoms with E-state index in [1.54, 1.807) is 78.9 Å². The van der Waals surface area contributed by atoms with Crippen molar-refractivity contribution in [3.05, 3.63) is 203 Å². The molecule has 0 bridgehead atoms. The van der Waals surface area contributed by atoms with Gasteiger partial charge in [0, 0.05) is 148 Å². The predicted octanol–water partition coefficient (Wildman–Crippen LogP) is 22.1. The number of halogens is 16. The van der Waals surface area contributed by atoms with E-state index in [0.717, 1.165) is 36.1 Å². The van der Waals surface area contributed by atoms with Crippen LogP contribution in [-0.2, 0) is 99.6 Å². The number of alkyl halides is 15. The maximum atomic E-state index is 14.5. The Morgan fingerprint density at radius 2 is 0.733 bits per heavy atom. The quantitative estimate of drug-likeness (QED) is 0.0232. The van der Waals surface area contributed by atoms with Crippen LogP contribution >= 0.6 is 0 Å². The highest BCUT2D eigenvalue weighted by atomic mass is 19.4. The van der Waals surface area contributed by atoms with E-state index >= 15 is 0 Å². The second-order valence-corrected chi connectivity index (χ2v) is 39.2. The number of carboxylic acids is 3. The van der Waals surface area contributed by atoms with Crippen LogP contribution in [0.15, 0.2) is 147 Å². The molecule has 3 aliphatic heterocycles. The Hall–Kier alpha value is -13.2. The molecule has 30 nitrogen and oxygen atoms in total. The number of aryl methyl sites for hydroxylation is 2. The van der Waals surface area contributed by atoms with E-state index in [4.69, 9.17) is 24.1 Å². The maximum absolute atomic E-state index is 14.5. The van der Waals surface area contributed by atoms with Gasteiger partial charge in [-0.25, -0.2) is 48.7 Å². The van der Waals surface area contributed by atoms with Crippen LogP contribution in [0.25, 0.3) is 22.3 Å². The Kier molecular flexibility index (Phi) is 37.4. The zero-order valence-electron chi connectivity index (χ0n) is 83.6. The molecule has 0 radical (unpaired) electrons. The summed E-state index contributed by atoms with van der Waals surface area (Å²) in [4.78, 5) is 113. The molecule has 0 spiro atoms. The van der Waals surface area contributed by atoms with E-state index in [0.29, 0.717) is 163 Å². The lowest BCUT2D eigenvalue weighted by Gasteiger charge is -2.48. The van der Waals surface area contributed by atoms with Crippen molar-refractivity contribution in [1.82, 2.24) is 64.2 Å². The monoisotopic (exact) mass is 2120 g/mol. The minimum atomic E-state index is -5.05. The molecule has 6 aliphatic rings. The number of nitrogens with zero attached hydrogens (tertiary/aromatic N) is 16. The van der Waals surface area contributed by atoms with Gasteiger partial charge < -0.3 is 68.8 Å². The molecule has 9 atom stereocenters. The highest BCUT2D eigenvalue weighted by molar-refractivity contribution is 5.77. The number of hydrogen-bond acceptors (Lipinski definition) is 22. The lowest BCUT2D eigenvalue weighted by atomic mass is 9.86. The summed E-state index contributed by atoms with van der Waals surface area (Å²) < 4.78 is 248. The summed E-state index contributed by atoms with van der Waals surface area (Å²) >= 11 is 0. The van der Waals surface area contributed by atoms with Crippen molar-refractivity contribution < 1.29 is 138 Å². The van der Waals surface area contributed by atoms with Crippen molar-refractivity contribution in [1.29, 1.82) is 0 Å².